The molecule has 1 aliphatic carbocycles. The van der Waals surface area contributed by atoms with Gasteiger partial charge in [-0.05, 0) is 30.6 Å². The molecule has 0 heterocycles. The second-order valence-corrected chi connectivity index (χ2v) is 6.69. The van der Waals surface area contributed by atoms with Gasteiger partial charge >= 0.3 is 0 Å². The first-order chi connectivity index (χ1) is 9.56. The number of aliphatic imine (C=N–C) groups is 1. The smallest absolute Gasteiger partial charge is 0.190 e. The van der Waals surface area contributed by atoms with E-state index in [0.717, 1.165) is 38.7 Å². The Balaban J connectivity index is 0.00000400. The number of guanidine groups is 1. The first kappa shape index (κ1) is 21.0. The van der Waals surface area contributed by atoms with Crippen molar-refractivity contribution in [2.24, 2.45) is 16.3 Å². The summed E-state index contributed by atoms with van der Waals surface area (Å²) in [6.45, 7) is 10.3. The Labute approximate surface area is 147 Å². The van der Waals surface area contributed by atoms with Gasteiger partial charge in [0.2, 0.25) is 0 Å². The maximum atomic E-state index is 5.57. The molecule has 1 fully saturated rings. The zero-order valence-electron chi connectivity index (χ0n) is 14.2. The number of hydrogen-bond donors (Lipinski definition) is 2. The van der Waals surface area contributed by atoms with Crippen molar-refractivity contribution in [3.8, 4) is 0 Å². The minimum atomic E-state index is 0. The molecule has 2 N–H and O–H groups in total. The highest BCUT2D eigenvalue weighted by atomic mass is 127. The molecule has 1 aliphatic rings. The Hall–Kier alpha value is -0.0400. The average molecular weight is 411 g/mol. The number of rotatable bonds is 8. The van der Waals surface area contributed by atoms with Gasteiger partial charge in [-0.2, -0.15) is 0 Å². The molecule has 1 rings (SSSR count). The van der Waals surface area contributed by atoms with Gasteiger partial charge in [0.1, 0.15) is 0 Å². The summed E-state index contributed by atoms with van der Waals surface area (Å²) in [5.74, 6) is 1.53. The maximum Gasteiger partial charge on any atom is 0.190 e. The van der Waals surface area contributed by atoms with E-state index in [-0.39, 0.29) is 24.0 Å². The van der Waals surface area contributed by atoms with Crippen LogP contribution in [0.1, 0.15) is 52.9 Å². The Kier molecular flexibility index (Phi) is 11.5. The van der Waals surface area contributed by atoms with E-state index in [1.807, 2.05) is 7.05 Å². The highest BCUT2D eigenvalue weighted by Crippen LogP contribution is 2.36. The summed E-state index contributed by atoms with van der Waals surface area (Å²) in [6.07, 6.45) is 6.43. The van der Waals surface area contributed by atoms with E-state index in [9.17, 15) is 0 Å². The van der Waals surface area contributed by atoms with E-state index in [0.29, 0.717) is 11.3 Å². The topological polar surface area (TPSA) is 45.7 Å². The number of nitrogens with one attached hydrogen (secondary N) is 2. The summed E-state index contributed by atoms with van der Waals surface area (Å²) in [5, 5.41) is 6.82. The summed E-state index contributed by atoms with van der Waals surface area (Å²) >= 11 is 0. The lowest BCUT2D eigenvalue weighted by Gasteiger charge is -2.25. The fourth-order valence-corrected chi connectivity index (χ4v) is 2.62. The SMILES string of the molecule is CN=C(NCCCOCC(C)C)NCC1(C)CCCC1.I. The van der Waals surface area contributed by atoms with Crippen LogP contribution < -0.4 is 10.6 Å². The molecule has 0 unspecified atom stereocenters. The first-order valence-electron chi connectivity index (χ1n) is 8.08. The van der Waals surface area contributed by atoms with Crippen molar-refractivity contribution in [2.45, 2.75) is 52.9 Å². The third kappa shape index (κ3) is 9.55. The molecule has 0 atom stereocenters. The lowest BCUT2D eigenvalue weighted by Crippen LogP contribution is -2.42. The van der Waals surface area contributed by atoms with Gasteiger partial charge in [-0.25, -0.2) is 0 Å². The molecular formula is C16H34IN3O. The van der Waals surface area contributed by atoms with Gasteiger partial charge in [0.15, 0.2) is 5.96 Å². The first-order valence-corrected chi connectivity index (χ1v) is 8.08. The largest absolute Gasteiger partial charge is 0.381 e. The van der Waals surface area contributed by atoms with Gasteiger partial charge in [-0.15, -0.1) is 24.0 Å². The van der Waals surface area contributed by atoms with Crippen LogP contribution in [-0.4, -0.2) is 39.3 Å². The average Bonchev–Trinajstić information content (AvgIpc) is 2.84. The summed E-state index contributed by atoms with van der Waals surface area (Å²) < 4.78 is 5.57. The van der Waals surface area contributed by atoms with Crippen LogP contribution in [0, 0.1) is 11.3 Å². The molecule has 1 saturated carbocycles. The molecule has 0 aromatic rings. The molecule has 21 heavy (non-hydrogen) atoms. The molecule has 5 heteroatoms. The van der Waals surface area contributed by atoms with Crippen LogP contribution in [0.3, 0.4) is 0 Å². The molecule has 0 spiro atoms. The van der Waals surface area contributed by atoms with E-state index in [1.54, 1.807) is 0 Å². The van der Waals surface area contributed by atoms with Gasteiger partial charge in [-0.3, -0.25) is 4.99 Å². The summed E-state index contributed by atoms with van der Waals surface area (Å²) in [6, 6.07) is 0. The molecule has 4 nitrogen and oxygen atoms in total. The fourth-order valence-electron chi connectivity index (χ4n) is 2.62. The number of hydrogen-bond acceptors (Lipinski definition) is 2. The highest BCUT2D eigenvalue weighted by Gasteiger charge is 2.28. The van der Waals surface area contributed by atoms with Crippen molar-refractivity contribution in [2.75, 3.05) is 33.4 Å². The van der Waals surface area contributed by atoms with Crippen molar-refractivity contribution in [1.29, 1.82) is 0 Å². The Morgan fingerprint density at radius 2 is 1.90 bits per heavy atom. The van der Waals surface area contributed by atoms with Gasteiger partial charge in [0, 0.05) is 33.4 Å². The van der Waals surface area contributed by atoms with Gasteiger partial charge in [0.05, 0.1) is 0 Å². The minimum Gasteiger partial charge on any atom is -0.381 e. The predicted octanol–water partition coefficient (Wildman–Crippen LogP) is 3.41. The predicted molar refractivity (Wildman–Crippen MR) is 102 cm³/mol. The van der Waals surface area contributed by atoms with Crippen LogP contribution in [0.25, 0.3) is 0 Å². The summed E-state index contributed by atoms with van der Waals surface area (Å²) in [7, 11) is 1.83. The molecule has 0 amide bonds. The Bertz CT molecular complexity index is 289. The van der Waals surface area contributed by atoms with E-state index in [2.05, 4.69) is 36.4 Å². The molecule has 0 saturated heterocycles. The third-order valence-electron chi connectivity index (χ3n) is 3.93. The lowest BCUT2D eigenvalue weighted by atomic mass is 9.89. The van der Waals surface area contributed by atoms with Crippen molar-refractivity contribution >= 4 is 29.9 Å². The number of ether oxygens (including phenoxy) is 1. The normalized spacial score (nSPS) is 17.7. The third-order valence-corrected chi connectivity index (χ3v) is 3.93. The van der Waals surface area contributed by atoms with Crippen molar-refractivity contribution in [1.82, 2.24) is 10.6 Å². The quantitative estimate of drug-likeness (QED) is 0.279. The molecule has 0 aromatic carbocycles. The zero-order chi connectivity index (χ0) is 14.8. The van der Waals surface area contributed by atoms with E-state index in [1.165, 1.54) is 25.7 Å². The molecular weight excluding hydrogens is 377 g/mol. The lowest BCUT2D eigenvalue weighted by molar-refractivity contribution is 0.108. The fraction of sp³-hybridized carbons (Fsp3) is 0.938. The molecule has 0 aromatic heterocycles. The van der Waals surface area contributed by atoms with Crippen LogP contribution in [0.4, 0.5) is 0 Å². The van der Waals surface area contributed by atoms with Gasteiger partial charge in [-0.1, -0.05) is 33.6 Å². The molecule has 0 aliphatic heterocycles. The van der Waals surface area contributed by atoms with Crippen LogP contribution in [0.2, 0.25) is 0 Å². The van der Waals surface area contributed by atoms with E-state index >= 15 is 0 Å². The molecule has 126 valence electrons. The standard InChI is InChI=1S/C16H33N3O.HI/c1-14(2)12-20-11-7-10-18-15(17-4)19-13-16(3)8-5-6-9-16;/h14H,5-13H2,1-4H3,(H2,17,18,19);1H. The second-order valence-electron chi connectivity index (χ2n) is 6.69. The highest BCUT2D eigenvalue weighted by molar-refractivity contribution is 14.0. The maximum absolute atomic E-state index is 5.57. The summed E-state index contributed by atoms with van der Waals surface area (Å²) in [5.41, 5.74) is 0.456. The monoisotopic (exact) mass is 411 g/mol. The van der Waals surface area contributed by atoms with Crippen molar-refractivity contribution in [3.05, 3.63) is 0 Å². The van der Waals surface area contributed by atoms with Crippen molar-refractivity contribution in [3.63, 3.8) is 0 Å². The second kappa shape index (κ2) is 11.5. The number of nitrogens with zero attached hydrogens (tertiary/aromatic N) is 1. The molecule has 0 bridgehead atoms. The zero-order valence-corrected chi connectivity index (χ0v) is 16.5. The van der Waals surface area contributed by atoms with E-state index < -0.39 is 0 Å². The molecule has 0 radical (unpaired) electrons. The Morgan fingerprint density at radius 1 is 1.24 bits per heavy atom. The van der Waals surface area contributed by atoms with Gasteiger partial charge < -0.3 is 15.4 Å². The minimum absolute atomic E-state index is 0. The summed E-state index contributed by atoms with van der Waals surface area (Å²) in [4.78, 5) is 4.28. The van der Waals surface area contributed by atoms with Crippen LogP contribution in [0.5, 0.6) is 0 Å². The van der Waals surface area contributed by atoms with Crippen LogP contribution in [0.15, 0.2) is 4.99 Å². The van der Waals surface area contributed by atoms with Crippen LogP contribution >= 0.6 is 24.0 Å². The van der Waals surface area contributed by atoms with Crippen LogP contribution in [-0.2, 0) is 4.74 Å². The Morgan fingerprint density at radius 3 is 2.48 bits per heavy atom. The van der Waals surface area contributed by atoms with Gasteiger partial charge in [0.25, 0.3) is 0 Å². The van der Waals surface area contributed by atoms with E-state index in [4.69, 9.17) is 4.74 Å². The number of halogens is 1. The van der Waals surface area contributed by atoms with Crippen molar-refractivity contribution < 1.29 is 4.74 Å².